The van der Waals surface area contributed by atoms with Crippen molar-refractivity contribution in [3.05, 3.63) is 30.6 Å². The van der Waals surface area contributed by atoms with Gasteiger partial charge in [-0.1, -0.05) is 19.9 Å². The van der Waals surface area contributed by atoms with Gasteiger partial charge < -0.3 is 10.2 Å². The van der Waals surface area contributed by atoms with Crippen LogP contribution >= 0.6 is 0 Å². The van der Waals surface area contributed by atoms with Crippen LogP contribution in [0.25, 0.3) is 0 Å². The zero-order valence-electron chi connectivity index (χ0n) is 12.4. The molecule has 5 heteroatoms. The van der Waals surface area contributed by atoms with Crippen molar-refractivity contribution < 1.29 is 9.18 Å². The van der Waals surface area contributed by atoms with Gasteiger partial charge in [-0.25, -0.2) is 0 Å². The maximum atomic E-state index is 10.5. The molecule has 0 saturated heterocycles. The minimum Gasteiger partial charge on any atom is -0.355 e. The predicted octanol–water partition coefficient (Wildman–Crippen LogP) is 2.13. The molecule has 0 aliphatic carbocycles. The number of aromatic nitrogens is 1. The van der Waals surface area contributed by atoms with E-state index in [0.717, 1.165) is 26.2 Å². The van der Waals surface area contributed by atoms with Crippen LogP contribution in [-0.2, 0) is 4.79 Å². The standard InChI is InChI=1S/C8H18N2O.C5H5N.CH3F/c1-4-10(5-2)7-6-9-8(3)11;1-2-4-6-5-3-1;1-2/h4-7H2,1-3H3,(H,9,11);1-5H;1H3/i;;2-1. The van der Waals surface area contributed by atoms with Crippen LogP contribution in [0.2, 0.25) is 0 Å². The van der Waals surface area contributed by atoms with E-state index in [9.17, 15) is 9.18 Å². The van der Waals surface area contributed by atoms with E-state index in [0.29, 0.717) is 7.18 Å². The van der Waals surface area contributed by atoms with Gasteiger partial charge in [0.15, 0.2) is 0 Å². The Labute approximate surface area is 116 Å². The maximum Gasteiger partial charge on any atom is 0.216 e. The van der Waals surface area contributed by atoms with Crippen molar-refractivity contribution in [2.75, 3.05) is 33.4 Å². The quantitative estimate of drug-likeness (QED) is 0.891. The highest BCUT2D eigenvalue weighted by atomic mass is 18.2. The monoisotopic (exact) mass is 270 g/mol. The number of carbonyl (C=O) groups excluding carboxylic acids is 1. The minimum atomic E-state index is 0.0529. The third-order valence-corrected chi connectivity index (χ3v) is 2.26. The largest absolute Gasteiger partial charge is 0.355 e. The first-order valence-electron chi connectivity index (χ1n) is 6.40. The van der Waals surface area contributed by atoms with Gasteiger partial charge in [0.25, 0.3) is 0 Å². The number of hydrogen-bond acceptors (Lipinski definition) is 3. The van der Waals surface area contributed by atoms with Gasteiger partial charge in [-0.3, -0.25) is 14.2 Å². The highest BCUT2D eigenvalue weighted by Crippen LogP contribution is 1.83. The summed E-state index contributed by atoms with van der Waals surface area (Å²) >= 11 is 0. The molecular weight excluding hydrogens is 244 g/mol. The van der Waals surface area contributed by atoms with E-state index in [4.69, 9.17) is 0 Å². The number of halogens is 1. The normalized spacial score (nSPS) is 8.74. The zero-order valence-corrected chi connectivity index (χ0v) is 12.4. The summed E-state index contributed by atoms with van der Waals surface area (Å²) in [6.07, 6.45) is 3.50. The molecule has 1 rings (SSSR count). The summed E-state index contributed by atoms with van der Waals surface area (Å²) in [5.74, 6) is 0.0529. The topological polar surface area (TPSA) is 45.2 Å². The Kier molecular flexibility index (Phi) is 17.2. The molecule has 0 atom stereocenters. The average molecular weight is 270 g/mol. The lowest BCUT2D eigenvalue weighted by Crippen LogP contribution is -2.33. The Morgan fingerprint density at radius 2 is 1.68 bits per heavy atom. The molecule has 1 aromatic heterocycles. The summed E-state index contributed by atoms with van der Waals surface area (Å²) in [5, 5.41) is 2.76. The van der Waals surface area contributed by atoms with Crippen LogP contribution in [-0.4, -0.2) is 49.1 Å². The van der Waals surface area contributed by atoms with Crippen molar-refractivity contribution in [1.29, 1.82) is 0 Å². The second kappa shape index (κ2) is 16.5. The number of likely N-dealkylation sites (N-methyl/N-ethyl adjacent to an activating group) is 1. The SMILES string of the molecule is CCN(CC)CCNC(C)=O.C[18F].c1ccncc1. The number of rotatable bonds is 5. The first kappa shape index (κ1) is 19.8. The summed E-state index contributed by atoms with van der Waals surface area (Å²) in [7, 11) is 0.500. The van der Waals surface area contributed by atoms with Gasteiger partial charge in [0.2, 0.25) is 5.91 Å². The summed E-state index contributed by atoms with van der Waals surface area (Å²) in [5.41, 5.74) is 0. The molecule has 0 unspecified atom stereocenters. The molecule has 0 saturated carbocycles. The Balaban J connectivity index is 0. The number of hydrogen-bond donors (Lipinski definition) is 1. The van der Waals surface area contributed by atoms with Gasteiger partial charge in [-0.2, -0.15) is 0 Å². The molecular formula is C14H26FN3O. The fourth-order valence-corrected chi connectivity index (χ4v) is 1.24. The maximum absolute atomic E-state index is 10.5. The number of alkyl halides is 1. The molecule has 0 spiro atoms. The van der Waals surface area contributed by atoms with Crippen LogP contribution in [0, 0.1) is 0 Å². The Morgan fingerprint density at radius 3 is 1.95 bits per heavy atom. The van der Waals surface area contributed by atoms with Gasteiger partial charge in [0.1, 0.15) is 0 Å². The van der Waals surface area contributed by atoms with Crippen LogP contribution in [0.4, 0.5) is 4.39 Å². The van der Waals surface area contributed by atoms with Crippen molar-refractivity contribution in [3.8, 4) is 0 Å². The fraction of sp³-hybridized carbons (Fsp3) is 0.571. The van der Waals surface area contributed by atoms with E-state index in [1.54, 1.807) is 19.3 Å². The summed E-state index contributed by atoms with van der Waals surface area (Å²) in [4.78, 5) is 16.5. The van der Waals surface area contributed by atoms with Crippen molar-refractivity contribution in [2.24, 2.45) is 0 Å². The molecule has 1 aromatic rings. The summed E-state index contributed by atoms with van der Waals surface area (Å²) < 4.78 is 9.50. The first-order valence-corrected chi connectivity index (χ1v) is 6.40. The molecule has 0 aliphatic heterocycles. The number of nitrogens with one attached hydrogen (secondary N) is 1. The van der Waals surface area contributed by atoms with Crippen molar-refractivity contribution >= 4 is 5.91 Å². The molecule has 0 fully saturated rings. The number of carbonyl (C=O) groups is 1. The van der Waals surface area contributed by atoms with Crippen LogP contribution < -0.4 is 5.32 Å². The number of nitrogens with zero attached hydrogens (tertiary/aromatic N) is 2. The van der Waals surface area contributed by atoms with E-state index in [1.165, 1.54) is 0 Å². The Bertz CT molecular complexity index is 253. The van der Waals surface area contributed by atoms with Crippen molar-refractivity contribution in [3.63, 3.8) is 0 Å². The van der Waals surface area contributed by atoms with Gasteiger partial charge in [-0.15, -0.1) is 0 Å². The molecule has 0 bridgehead atoms. The molecule has 1 N–H and O–H groups in total. The third-order valence-electron chi connectivity index (χ3n) is 2.26. The van der Waals surface area contributed by atoms with Gasteiger partial charge in [0.05, 0.1) is 7.18 Å². The lowest BCUT2D eigenvalue weighted by atomic mass is 10.4. The van der Waals surface area contributed by atoms with Crippen LogP contribution in [0.15, 0.2) is 30.6 Å². The van der Waals surface area contributed by atoms with Crippen LogP contribution in [0.1, 0.15) is 20.8 Å². The molecule has 4 nitrogen and oxygen atoms in total. The van der Waals surface area contributed by atoms with E-state index in [1.807, 2.05) is 18.2 Å². The highest BCUT2D eigenvalue weighted by molar-refractivity contribution is 5.72. The summed E-state index contributed by atoms with van der Waals surface area (Å²) in [6, 6.07) is 5.72. The second-order valence-electron chi connectivity index (χ2n) is 3.53. The third kappa shape index (κ3) is 16.5. The van der Waals surface area contributed by atoms with Gasteiger partial charge in [-0.05, 0) is 25.2 Å². The zero-order chi connectivity index (χ0) is 14.9. The molecule has 19 heavy (non-hydrogen) atoms. The Hall–Kier alpha value is -1.49. The van der Waals surface area contributed by atoms with Crippen LogP contribution in [0.3, 0.4) is 0 Å². The van der Waals surface area contributed by atoms with Gasteiger partial charge in [0, 0.05) is 32.4 Å². The predicted molar refractivity (Wildman–Crippen MR) is 77.7 cm³/mol. The molecule has 0 aliphatic rings. The number of amides is 1. The van der Waals surface area contributed by atoms with E-state index < -0.39 is 0 Å². The van der Waals surface area contributed by atoms with E-state index in [2.05, 4.69) is 29.0 Å². The molecule has 1 heterocycles. The minimum absolute atomic E-state index is 0.0529. The lowest BCUT2D eigenvalue weighted by molar-refractivity contribution is -0.119. The lowest BCUT2D eigenvalue weighted by Gasteiger charge is -2.17. The second-order valence-corrected chi connectivity index (χ2v) is 3.53. The highest BCUT2D eigenvalue weighted by Gasteiger charge is 1.97. The van der Waals surface area contributed by atoms with E-state index >= 15 is 0 Å². The van der Waals surface area contributed by atoms with Crippen molar-refractivity contribution in [2.45, 2.75) is 20.8 Å². The molecule has 110 valence electrons. The first-order chi connectivity index (χ1) is 9.20. The Morgan fingerprint density at radius 1 is 1.16 bits per heavy atom. The summed E-state index contributed by atoms with van der Waals surface area (Å²) in [6.45, 7) is 9.60. The number of pyridine rings is 1. The molecule has 1 amide bonds. The molecule has 0 aromatic carbocycles. The van der Waals surface area contributed by atoms with Crippen LogP contribution in [0.5, 0.6) is 0 Å². The molecule has 0 radical (unpaired) electrons. The smallest absolute Gasteiger partial charge is 0.216 e. The average Bonchev–Trinajstić information content (AvgIpc) is 2.48. The van der Waals surface area contributed by atoms with E-state index in [-0.39, 0.29) is 5.91 Å². The fourth-order valence-electron chi connectivity index (χ4n) is 1.24. The van der Waals surface area contributed by atoms with Gasteiger partial charge >= 0.3 is 0 Å². The van der Waals surface area contributed by atoms with Crippen molar-refractivity contribution in [1.82, 2.24) is 15.2 Å².